The third-order valence-electron chi connectivity index (χ3n) is 6.41. The van der Waals surface area contributed by atoms with Gasteiger partial charge in [0.2, 0.25) is 0 Å². The maximum atomic E-state index is 13.4. The van der Waals surface area contributed by atoms with Crippen LogP contribution in [0.5, 0.6) is 5.75 Å². The summed E-state index contributed by atoms with van der Waals surface area (Å²) in [6.07, 6.45) is -0.127. The van der Waals surface area contributed by atoms with E-state index in [1.165, 1.54) is 6.20 Å². The topological polar surface area (TPSA) is 96.4 Å². The molecule has 1 aromatic carbocycles. The van der Waals surface area contributed by atoms with E-state index in [-0.39, 0.29) is 18.2 Å². The number of aromatic nitrogens is 1. The summed E-state index contributed by atoms with van der Waals surface area (Å²) < 4.78 is 29.6. The number of ether oxygens (including phenoxy) is 3. The Balaban J connectivity index is 2.06. The van der Waals surface area contributed by atoms with Gasteiger partial charge in [0.25, 0.3) is 0 Å². The number of imide groups is 1. The molecule has 1 aliphatic rings. The number of amides is 2. The van der Waals surface area contributed by atoms with Crippen molar-refractivity contribution in [3.63, 3.8) is 0 Å². The van der Waals surface area contributed by atoms with Crippen LogP contribution in [0.15, 0.2) is 30.5 Å². The summed E-state index contributed by atoms with van der Waals surface area (Å²) >= 11 is 12.7. The molecule has 224 valence electrons. The second-order valence-corrected chi connectivity index (χ2v) is 13.6. The van der Waals surface area contributed by atoms with E-state index in [1.807, 2.05) is 27.7 Å². The summed E-state index contributed by atoms with van der Waals surface area (Å²) in [7, 11) is -0.765. The molecule has 2 aromatic rings. The molecule has 1 fully saturated rings. The second kappa shape index (κ2) is 12.0. The Bertz CT molecular complexity index is 1220. The van der Waals surface area contributed by atoms with E-state index in [0.29, 0.717) is 27.5 Å². The Morgan fingerprint density at radius 2 is 1.41 bits per heavy atom. The van der Waals surface area contributed by atoms with Gasteiger partial charge in [-0.15, -0.1) is 0 Å². The minimum absolute atomic E-state index is 0.0986. The van der Waals surface area contributed by atoms with E-state index >= 15 is 0 Å². The van der Waals surface area contributed by atoms with Gasteiger partial charge < -0.3 is 23.5 Å². The van der Waals surface area contributed by atoms with Crippen molar-refractivity contribution >= 4 is 53.8 Å². The van der Waals surface area contributed by atoms with Crippen molar-refractivity contribution in [3.05, 3.63) is 46.1 Å². The van der Waals surface area contributed by atoms with Gasteiger partial charge in [0.05, 0.1) is 17.8 Å². The number of carbonyl (C=O) groups is 2. The Morgan fingerprint density at radius 1 is 0.927 bits per heavy atom. The molecule has 0 radical (unpaired) electrons. The average molecular weight is 609 g/mol. The maximum absolute atomic E-state index is 13.4. The number of benzene rings is 1. The third-order valence-corrected chi connectivity index (χ3v) is 7.12. The molecule has 12 heteroatoms. The lowest BCUT2D eigenvalue weighted by atomic mass is 9.80. The van der Waals surface area contributed by atoms with Crippen LogP contribution in [0.25, 0.3) is 0 Å². The summed E-state index contributed by atoms with van der Waals surface area (Å²) in [6.45, 7) is 18.0. The quantitative estimate of drug-likeness (QED) is 0.324. The first kappa shape index (κ1) is 33.0. The van der Waals surface area contributed by atoms with Gasteiger partial charge in [-0.2, -0.15) is 4.90 Å². The van der Waals surface area contributed by atoms with Crippen molar-refractivity contribution in [2.75, 3.05) is 11.5 Å². The fourth-order valence-corrected chi connectivity index (χ4v) is 4.32. The number of hydrogen-bond acceptors (Lipinski definition) is 8. The van der Waals surface area contributed by atoms with Crippen molar-refractivity contribution < 1.29 is 33.1 Å². The summed E-state index contributed by atoms with van der Waals surface area (Å²) in [4.78, 5) is 31.9. The van der Waals surface area contributed by atoms with Crippen molar-refractivity contribution in [2.24, 2.45) is 0 Å². The highest BCUT2D eigenvalue weighted by molar-refractivity contribution is 6.62. The predicted octanol–water partition coefficient (Wildman–Crippen LogP) is 6.99. The van der Waals surface area contributed by atoms with Gasteiger partial charge >= 0.3 is 19.3 Å². The minimum Gasteiger partial charge on any atom is -0.489 e. The second-order valence-electron chi connectivity index (χ2n) is 12.8. The SMILES string of the molecule is CC(C)(C)OC(=O)N(C(=O)OC(C)(C)C)c1ncc(B2OC(C)(C)C(C)(C)O2)cc1OCCc1c(Cl)cccc1Cl. The average Bonchev–Trinajstić information content (AvgIpc) is 3.01. The largest absolute Gasteiger partial charge is 0.496 e. The molecule has 2 amide bonds. The Morgan fingerprint density at radius 3 is 1.88 bits per heavy atom. The molecule has 1 saturated heterocycles. The van der Waals surface area contributed by atoms with Gasteiger partial charge in [-0.25, -0.2) is 14.6 Å². The van der Waals surface area contributed by atoms with Gasteiger partial charge in [0, 0.05) is 28.1 Å². The highest BCUT2D eigenvalue weighted by Crippen LogP contribution is 2.37. The van der Waals surface area contributed by atoms with E-state index < -0.39 is 41.7 Å². The van der Waals surface area contributed by atoms with E-state index in [0.717, 1.165) is 4.90 Å². The van der Waals surface area contributed by atoms with Gasteiger partial charge in [-0.3, -0.25) is 0 Å². The molecule has 1 aromatic heterocycles. The number of pyridine rings is 1. The zero-order valence-electron chi connectivity index (χ0n) is 25.4. The molecule has 0 aliphatic carbocycles. The van der Waals surface area contributed by atoms with Crippen LogP contribution in [0.2, 0.25) is 10.0 Å². The van der Waals surface area contributed by atoms with Crippen LogP contribution in [0.3, 0.4) is 0 Å². The molecule has 0 bridgehead atoms. The number of carbonyl (C=O) groups excluding carboxylic acids is 2. The minimum atomic E-state index is -0.971. The zero-order valence-corrected chi connectivity index (χ0v) is 26.9. The van der Waals surface area contributed by atoms with Crippen molar-refractivity contribution in [3.8, 4) is 5.75 Å². The lowest BCUT2D eigenvalue weighted by Gasteiger charge is -2.32. The molecule has 0 atom stereocenters. The summed E-state index contributed by atoms with van der Waals surface area (Å²) in [5, 5.41) is 0.990. The van der Waals surface area contributed by atoms with Crippen LogP contribution in [0.4, 0.5) is 15.4 Å². The first-order chi connectivity index (χ1) is 18.7. The van der Waals surface area contributed by atoms with E-state index in [2.05, 4.69) is 4.98 Å². The highest BCUT2D eigenvalue weighted by Gasteiger charge is 2.52. The molecule has 3 rings (SSSR count). The number of anilines is 1. The number of rotatable bonds is 6. The number of hydrogen-bond donors (Lipinski definition) is 0. The fraction of sp³-hybridized carbons (Fsp3) is 0.552. The normalized spacial score (nSPS) is 16.3. The zero-order chi connectivity index (χ0) is 31.0. The predicted molar refractivity (Wildman–Crippen MR) is 161 cm³/mol. The summed E-state index contributed by atoms with van der Waals surface area (Å²) in [5.41, 5.74) is -1.77. The van der Waals surface area contributed by atoms with Crippen molar-refractivity contribution in [1.82, 2.24) is 4.98 Å². The van der Waals surface area contributed by atoms with Gasteiger partial charge in [-0.05, 0) is 93.0 Å². The molecule has 0 N–H and O–H groups in total. The first-order valence-electron chi connectivity index (χ1n) is 13.4. The number of halogens is 2. The summed E-state index contributed by atoms with van der Waals surface area (Å²) in [5.74, 6) is -0.00358. The molecule has 2 heterocycles. The monoisotopic (exact) mass is 608 g/mol. The van der Waals surface area contributed by atoms with Gasteiger partial charge in [0.15, 0.2) is 11.6 Å². The van der Waals surface area contributed by atoms with Crippen LogP contribution in [0.1, 0.15) is 74.8 Å². The maximum Gasteiger partial charge on any atom is 0.496 e. The molecule has 0 spiro atoms. The molecular formula is C29H39BCl2N2O7. The number of nitrogens with zero attached hydrogens (tertiary/aromatic N) is 2. The molecule has 0 saturated carbocycles. The Hall–Kier alpha value is -2.53. The van der Waals surface area contributed by atoms with Gasteiger partial charge in [-0.1, -0.05) is 29.3 Å². The lowest BCUT2D eigenvalue weighted by molar-refractivity contribution is 0.00578. The Kier molecular flexibility index (Phi) is 9.65. The fourth-order valence-electron chi connectivity index (χ4n) is 3.73. The lowest BCUT2D eigenvalue weighted by Crippen LogP contribution is -2.45. The highest BCUT2D eigenvalue weighted by atomic mass is 35.5. The standard InChI is InChI=1S/C29H39BCl2N2O7/c1-26(2,3)38-24(35)34(25(36)39-27(4,5)6)23-22(37-15-14-19-20(31)12-11-13-21(19)32)16-18(17-33-23)30-40-28(7,8)29(9,10)41-30/h11-13,16-17H,14-15H2,1-10H3. The van der Waals surface area contributed by atoms with Crippen LogP contribution in [-0.2, 0) is 25.2 Å². The van der Waals surface area contributed by atoms with E-state index in [1.54, 1.807) is 65.8 Å². The molecular weight excluding hydrogens is 570 g/mol. The first-order valence-corrected chi connectivity index (χ1v) is 14.1. The molecule has 41 heavy (non-hydrogen) atoms. The van der Waals surface area contributed by atoms with Crippen molar-refractivity contribution in [1.29, 1.82) is 0 Å². The smallest absolute Gasteiger partial charge is 0.489 e. The summed E-state index contributed by atoms with van der Waals surface area (Å²) in [6, 6.07) is 6.86. The van der Waals surface area contributed by atoms with Crippen LogP contribution >= 0.6 is 23.2 Å². The van der Waals surface area contributed by atoms with Crippen LogP contribution < -0.4 is 15.1 Å². The van der Waals surface area contributed by atoms with Crippen molar-refractivity contribution in [2.45, 2.75) is 98.1 Å². The van der Waals surface area contributed by atoms with E-state index in [4.69, 9.17) is 46.7 Å². The van der Waals surface area contributed by atoms with E-state index in [9.17, 15) is 9.59 Å². The third kappa shape index (κ3) is 8.28. The molecule has 0 unspecified atom stereocenters. The van der Waals surface area contributed by atoms with Crippen LogP contribution in [0, 0.1) is 0 Å². The Labute approximate surface area is 252 Å². The molecule has 1 aliphatic heterocycles. The van der Waals surface area contributed by atoms with Crippen LogP contribution in [-0.4, -0.2) is 53.3 Å². The van der Waals surface area contributed by atoms with Gasteiger partial charge in [0.1, 0.15) is 11.2 Å². The molecule has 9 nitrogen and oxygen atoms in total.